The molecule has 5 heteroatoms. The van der Waals surface area contributed by atoms with Crippen LogP contribution >= 0.6 is 0 Å². The highest BCUT2D eigenvalue weighted by molar-refractivity contribution is 5.98. The van der Waals surface area contributed by atoms with E-state index < -0.39 is 0 Å². The van der Waals surface area contributed by atoms with Crippen LogP contribution in [-0.4, -0.2) is 42.7 Å². The average Bonchev–Trinajstić information content (AvgIpc) is 3.21. The van der Waals surface area contributed by atoms with Gasteiger partial charge in [-0.05, 0) is 30.9 Å². The standard InChI is InChI=1S/C14H20N2O3/c1-16(7-8-19-9-10-5-6-10)14(18)11-3-2-4-12(15)13(11)17/h2-4,10,17H,5-9,15H2,1H3. The number of hydrogen-bond acceptors (Lipinski definition) is 4. The molecule has 0 bridgehead atoms. The Hall–Kier alpha value is -1.75. The van der Waals surface area contributed by atoms with Crippen LogP contribution in [0.3, 0.4) is 0 Å². The maximum Gasteiger partial charge on any atom is 0.257 e. The summed E-state index contributed by atoms with van der Waals surface area (Å²) in [5, 5.41) is 9.77. The molecule has 1 fully saturated rings. The molecule has 0 aliphatic heterocycles. The molecule has 0 aromatic heterocycles. The number of hydrogen-bond donors (Lipinski definition) is 2. The van der Waals surface area contributed by atoms with Gasteiger partial charge in [0.1, 0.15) is 0 Å². The van der Waals surface area contributed by atoms with Crippen molar-refractivity contribution in [3.05, 3.63) is 23.8 Å². The second-order valence-electron chi connectivity index (χ2n) is 4.99. The zero-order valence-electron chi connectivity index (χ0n) is 11.1. The van der Waals surface area contributed by atoms with Crippen LogP contribution in [0.1, 0.15) is 23.2 Å². The number of nitrogens with two attached hydrogens (primary N) is 1. The number of carbonyl (C=O) groups is 1. The lowest BCUT2D eigenvalue weighted by molar-refractivity contribution is 0.0678. The average molecular weight is 264 g/mol. The lowest BCUT2D eigenvalue weighted by Gasteiger charge is -2.18. The van der Waals surface area contributed by atoms with Gasteiger partial charge in [0.25, 0.3) is 5.91 Å². The van der Waals surface area contributed by atoms with Crippen molar-refractivity contribution in [2.24, 2.45) is 5.92 Å². The molecule has 104 valence electrons. The van der Waals surface area contributed by atoms with Crippen molar-refractivity contribution in [2.75, 3.05) is 32.5 Å². The maximum absolute atomic E-state index is 12.1. The fourth-order valence-corrected chi connectivity index (χ4v) is 1.78. The lowest BCUT2D eigenvalue weighted by Crippen LogP contribution is -2.30. The number of nitrogen functional groups attached to an aromatic ring is 1. The topological polar surface area (TPSA) is 75.8 Å². The summed E-state index contributed by atoms with van der Waals surface area (Å²) in [4.78, 5) is 13.6. The lowest BCUT2D eigenvalue weighted by atomic mass is 10.1. The number of ether oxygens (including phenoxy) is 1. The van der Waals surface area contributed by atoms with Crippen LogP contribution in [0.2, 0.25) is 0 Å². The van der Waals surface area contributed by atoms with Gasteiger partial charge in [-0.2, -0.15) is 0 Å². The van der Waals surface area contributed by atoms with Gasteiger partial charge in [-0.15, -0.1) is 0 Å². The van der Waals surface area contributed by atoms with Crippen LogP contribution < -0.4 is 5.73 Å². The highest BCUT2D eigenvalue weighted by atomic mass is 16.5. The first-order chi connectivity index (χ1) is 9.09. The van der Waals surface area contributed by atoms with E-state index in [-0.39, 0.29) is 22.9 Å². The van der Waals surface area contributed by atoms with Crippen molar-refractivity contribution in [1.82, 2.24) is 4.90 Å². The molecule has 0 atom stereocenters. The minimum atomic E-state index is -0.250. The second kappa shape index (κ2) is 5.93. The number of rotatable bonds is 6. The summed E-state index contributed by atoms with van der Waals surface area (Å²) >= 11 is 0. The highest BCUT2D eigenvalue weighted by Gasteiger charge is 2.21. The zero-order valence-corrected chi connectivity index (χ0v) is 11.1. The molecule has 0 unspecified atom stereocenters. The minimum absolute atomic E-state index is 0.154. The van der Waals surface area contributed by atoms with Gasteiger partial charge in [0.15, 0.2) is 5.75 Å². The van der Waals surface area contributed by atoms with Crippen molar-refractivity contribution in [1.29, 1.82) is 0 Å². The number of nitrogens with zero attached hydrogens (tertiary/aromatic N) is 1. The summed E-state index contributed by atoms with van der Waals surface area (Å²) in [5.74, 6) is 0.317. The summed E-state index contributed by atoms with van der Waals surface area (Å²) in [6, 6.07) is 4.78. The number of para-hydroxylation sites is 1. The van der Waals surface area contributed by atoms with Gasteiger partial charge >= 0.3 is 0 Å². The van der Waals surface area contributed by atoms with Gasteiger partial charge in [0.05, 0.1) is 17.9 Å². The molecule has 0 spiro atoms. The Morgan fingerprint density at radius 1 is 1.53 bits per heavy atom. The Bertz CT molecular complexity index is 458. The zero-order chi connectivity index (χ0) is 13.8. The van der Waals surface area contributed by atoms with E-state index >= 15 is 0 Å². The van der Waals surface area contributed by atoms with Crippen molar-refractivity contribution >= 4 is 11.6 Å². The van der Waals surface area contributed by atoms with Crippen LogP contribution in [0, 0.1) is 5.92 Å². The number of anilines is 1. The Kier molecular flexibility index (Phi) is 4.27. The van der Waals surface area contributed by atoms with Gasteiger partial charge in [-0.25, -0.2) is 0 Å². The Morgan fingerprint density at radius 2 is 2.26 bits per heavy atom. The molecule has 0 radical (unpaired) electrons. The third kappa shape index (κ3) is 3.61. The number of phenols is 1. The number of aromatic hydroxyl groups is 1. The molecule has 2 rings (SSSR count). The molecule has 0 heterocycles. The first-order valence-electron chi connectivity index (χ1n) is 6.50. The maximum atomic E-state index is 12.1. The molecule has 1 amide bonds. The molecule has 5 nitrogen and oxygen atoms in total. The van der Waals surface area contributed by atoms with E-state index in [2.05, 4.69) is 0 Å². The number of phenolic OH excluding ortho intramolecular Hbond substituents is 1. The molecule has 1 aliphatic carbocycles. The van der Waals surface area contributed by atoms with Gasteiger partial charge in [0.2, 0.25) is 0 Å². The first-order valence-corrected chi connectivity index (χ1v) is 6.50. The predicted octanol–water partition coefficient (Wildman–Crippen LogP) is 1.47. The summed E-state index contributed by atoms with van der Waals surface area (Å²) in [6.07, 6.45) is 2.51. The van der Waals surface area contributed by atoms with Gasteiger partial charge in [-0.3, -0.25) is 4.79 Å². The van der Waals surface area contributed by atoms with Crippen LogP contribution in [0.15, 0.2) is 18.2 Å². The SMILES string of the molecule is CN(CCOCC1CC1)C(=O)c1cccc(N)c1O. The van der Waals surface area contributed by atoms with Gasteiger partial charge in [-0.1, -0.05) is 6.07 Å². The summed E-state index contributed by atoms with van der Waals surface area (Å²) in [7, 11) is 1.69. The van der Waals surface area contributed by atoms with E-state index in [1.807, 2.05) is 0 Å². The normalized spacial score (nSPS) is 14.4. The van der Waals surface area contributed by atoms with Crippen LogP contribution in [0.4, 0.5) is 5.69 Å². The van der Waals surface area contributed by atoms with Crippen molar-refractivity contribution in [2.45, 2.75) is 12.8 Å². The predicted molar refractivity (Wildman–Crippen MR) is 73.0 cm³/mol. The molecule has 1 aliphatic rings. The molecular formula is C14H20N2O3. The quantitative estimate of drug-likeness (QED) is 0.463. The smallest absolute Gasteiger partial charge is 0.257 e. The third-order valence-electron chi connectivity index (χ3n) is 3.27. The van der Waals surface area contributed by atoms with Gasteiger partial charge < -0.3 is 20.5 Å². The van der Waals surface area contributed by atoms with Crippen LogP contribution in [-0.2, 0) is 4.74 Å². The number of amides is 1. The van der Waals surface area contributed by atoms with Crippen LogP contribution in [0.5, 0.6) is 5.75 Å². The van der Waals surface area contributed by atoms with Crippen molar-refractivity contribution in [3.63, 3.8) is 0 Å². The van der Waals surface area contributed by atoms with Crippen molar-refractivity contribution in [3.8, 4) is 5.75 Å². The largest absolute Gasteiger partial charge is 0.505 e. The summed E-state index contributed by atoms with van der Waals surface area (Å²) in [6.45, 7) is 1.80. The first kappa shape index (κ1) is 13.7. The molecule has 19 heavy (non-hydrogen) atoms. The summed E-state index contributed by atoms with van der Waals surface area (Å²) < 4.78 is 5.49. The highest BCUT2D eigenvalue weighted by Crippen LogP contribution is 2.28. The molecule has 0 saturated heterocycles. The summed E-state index contributed by atoms with van der Waals surface area (Å²) in [5.41, 5.74) is 6.01. The van der Waals surface area contributed by atoms with E-state index in [1.165, 1.54) is 17.7 Å². The Labute approximate surface area is 113 Å². The fourth-order valence-electron chi connectivity index (χ4n) is 1.78. The van der Waals surface area contributed by atoms with E-state index in [0.29, 0.717) is 13.2 Å². The Morgan fingerprint density at radius 3 is 2.95 bits per heavy atom. The molecule has 3 N–H and O–H groups in total. The second-order valence-corrected chi connectivity index (χ2v) is 4.99. The third-order valence-corrected chi connectivity index (χ3v) is 3.27. The molecule has 1 saturated carbocycles. The number of benzene rings is 1. The van der Waals surface area contributed by atoms with E-state index in [0.717, 1.165) is 12.5 Å². The molecule has 1 aromatic rings. The van der Waals surface area contributed by atoms with E-state index in [4.69, 9.17) is 10.5 Å². The molecule has 1 aromatic carbocycles. The van der Waals surface area contributed by atoms with Crippen molar-refractivity contribution < 1.29 is 14.6 Å². The minimum Gasteiger partial charge on any atom is -0.505 e. The van der Waals surface area contributed by atoms with Gasteiger partial charge in [0, 0.05) is 20.2 Å². The fraction of sp³-hybridized carbons (Fsp3) is 0.500. The van der Waals surface area contributed by atoms with Crippen LogP contribution in [0.25, 0.3) is 0 Å². The monoisotopic (exact) mass is 264 g/mol. The van der Waals surface area contributed by atoms with E-state index in [1.54, 1.807) is 25.2 Å². The molecular weight excluding hydrogens is 244 g/mol. The van der Waals surface area contributed by atoms with E-state index in [9.17, 15) is 9.90 Å². The number of carbonyl (C=O) groups excluding carboxylic acids is 1. The number of likely N-dealkylation sites (N-methyl/N-ethyl adjacent to an activating group) is 1. The Balaban J connectivity index is 1.84.